The molecule has 0 bridgehead atoms. The second-order valence-corrected chi connectivity index (χ2v) is 9.47. The highest BCUT2D eigenvalue weighted by Gasteiger charge is 2.36. The first-order valence-corrected chi connectivity index (χ1v) is 11.5. The van der Waals surface area contributed by atoms with Crippen molar-refractivity contribution in [2.45, 2.75) is 19.3 Å². The summed E-state index contributed by atoms with van der Waals surface area (Å²) < 4.78 is 6.54. The summed E-state index contributed by atoms with van der Waals surface area (Å²) in [7, 11) is 0. The van der Waals surface area contributed by atoms with E-state index >= 15 is 0 Å². The van der Waals surface area contributed by atoms with E-state index in [0.717, 1.165) is 38.7 Å². The van der Waals surface area contributed by atoms with Crippen LogP contribution in [0.25, 0.3) is 43.8 Å². The van der Waals surface area contributed by atoms with E-state index in [1.165, 1.54) is 27.6 Å². The van der Waals surface area contributed by atoms with E-state index in [1.807, 2.05) is 0 Å². The fourth-order valence-electron chi connectivity index (χ4n) is 5.63. The molecule has 2 heteroatoms. The van der Waals surface area contributed by atoms with Crippen molar-refractivity contribution in [3.63, 3.8) is 0 Å². The van der Waals surface area contributed by atoms with Crippen LogP contribution in [0.3, 0.4) is 0 Å². The van der Waals surface area contributed by atoms with Crippen LogP contribution >= 0.6 is 0 Å². The largest absolute Gasteiger partial charge is 0.453 e. The lowest BCUT2D eigenvalue weighted by Gasteiger charge is -2.21. The first-order chi connectivity index (χ1) is 16.1. The summed E-state index contributed by atoms with van der Waals surface area (Å²) in [6.45, 7) is 4.62. The third kappa shape index (κ3) is 2.49. The molecule has 0 saturated carbocycles. The highest BCUT2D eigenvalue weighted by molar-refractivity contribution is 6.17. The first-order valence-electron chi connectivity index (χ1n) is 11.5. The minimum Gasteiger partial charge on any atom is -0.453 e. The van der Waals surface area contributed by atoms with E-state index in [-0.39, 0.29) is 5.41 Å². The van der Waals surface area contributed by atoms with Gasteiger partial charge in [-0.15, -0.1) is 0 Å². The molecule has 6 aromatic rings. The van der Waals surface area contributed by atoms with Gasteiger partial charge >= 0.3 is 0 Å². The van der Waals surface area contributed by atoms with Crippen molar-refractivity contribution in [3.05, 3.63) is 108 Å². The molecule has 1 aliphatic rings. The maximum atomic E-state index is 6.54. The SMILES string of the molecule is CC1(C)c2ccccc2-c2c(Nc3cccc4c3oc3c5ccccc5ccc43)cccc21. The van der Waals surface area contributed by atoms with Crippen molar-refractivity contribution in [1.29, 1.82) is 0 Å². The van der Waals surface area contributed by atoms with E-state index in [2.05, 4.69) is 116 Å². The lowest BCUT2D eigenvalue weighted by molar-refractivity contribution is 0.660. The molecular formula is C31H23NO. The lowest BCUT2D eigenvalue weighted by Crippen LogP contribution is -2.14. The third-order valence-corrected chi connectivity index (χ3v) is 7.27. The van der Waals surface area contributed by atoms with Gasteiger partial charge in [0.25, 0.3) is 0 Å². The van der Waals surface area contributed by atoms with Crippen LogP contribution in [-0.2, 0) is 5.41 Å². The van der Waals surface area contributed by atoms with Gasteiger partial charge in [0, 0.05) is 32.8 Å². The van der Waals surface area contributed by atoms with Crippen LogP contribution in [0, 0.1) is 0 Å². The Balaban J connectivity index is 1.45. The van der Waals surface area contributed by atoms with Gasteiger partial charge in [-0.1, -0.05) is 92.7 Å². The van der Waals surface area contributed by atoms with Gasteiger partial charge in [-0.3, -0.25) is 0 Å². The number of benzene rings is 5. The van der Waals surface area contributed by atoms with Gasteiger partial charge in [-0.2, -0.15) is 0 Å². The quantitative estimate of drug-likeness (QED) is 0.300. The molecule has 0 unspecified atom stereocenters. The van der Waals surface area contributed by atoms with Gasteiger partial charge < -0.3 is 9.73 Å². The molecule has 1 N–H and O–H groups in total. The van der Waals surface area contributed by atoms with E-state index in [9.17, 15) is 0 Å². The fourth-order valence-corrected chi connectivity index (χ4v) is 5.63. The molecule has 5 aromatic carbocycles. The molecule has 2 nitrogen and oxygen atoms in total. The van der Waals surface area contributed by atoms with E-state index < -0.39 is 0 Å². The van der Waals surface area contributed by atoms with Crippen LogP contribution in [-0.4, -0.2) is 0 Å². The topological polar surface area (TPSA) is 25.2 Å². The predicted molar refractivity (Wildman–Crippen MR) is 139 cm³/mol. The molecule has 1 heterocycles. The van der Waals surface area contributed by atoms with Crippen molar-refractivity contribution in [1.82, 2.24) is 0 Å². The summed E-state index contributed by atoms with van der Waals surface area (Å²) in [5.74, 6) is 0. The lowest BCUT2D eigenvalue weighted by atomic mass is 9.82. The normalized spacial score (nSPS) is 14.0. The van der Waals surface area contributed by atoms with Crippen molar-refractivity contribution in [3.8, 4) is 11.1 Å². The van der Waals surface area contributed by atoms with Gasteiger partial charge in [0.05, 0.1) is 5.69 Å². The Morgan fingerprint density at radius 1 is 0.576 bits per heavy atom. The molecule has 1 aliphatic carbocycles. The zero-order valence-electron chi connectivity index (χ0n) is 18.6. The van der Waals surface area contributed by atoms with Crippen LogP contribution < -0.4 is 5.32 Å². The molecule has 0 aliphatic heterocycles. The minimum atomic E-state index is -0.0199. The summed E-state index contributed by atoms with van der Waals surface area (Å²) in [4.78, 5) is 0. The average Bonchev–Trinajstić information content (AvgIpc) is 3.34. The van der Waals surface area contributed by atoms with E-state index in [0.29, 0.717) is 0 Å². The standard InChI is InChI=1S/C31H23NO/c1-31(2)24-13-6-5-11-23(24)28-25(31)14-8-15-26(28)32-27-16-7-12-21-22-18-17-19-9-3-4-10-20(19)29(22)33-30(21)27/h3-18,32H,1-2H3. The molecule has 33 heavy (non-hydrogen) atoms. The second kappa shape index (κ2) is 6.49. The Hall–Kier alpha value is -4.04. The maximum Gasteiger partial charge on any atom is 0.158 e. The molecule has 0 saturated heterocycles. The van der Waals surface area contributed by atoms with Gasteiger partial charge in [0.2, 0.25) is 0 Å². The number of hydrogen-bond donors (Lipinski definition) is 1. The molecular weight excluding hydrogens is 402 g/mol. The van der Waals surface area contributed by atoms with Crippen molar-refractivity contribution in [2.24, 2.45) is 0 Å². The fraction of sp³-hybridized carbons (Fsp3) is 0.0968. The summed E-state index contributed by atoms with van der Waals surface area (Å²) in [5, 5.41) is 8.36. The number of anilines is 2. The van der Waals surface area contributed by atoms with E-state index in [4.69, 9.17) is 4.42 Å². The molecule has 0 amide bonds. The zero-order valence-corrected chi connectivity index (χ0v) is 18.6. The molecule has 158 valence electrons. The Labute approximate surface area is 192 Å². The highest BCUT2D eigenvalue weighted by Crippen LogP contribution is 2.52. The Morgan fingerprint density at radius 3 is 2.21 bits per heavy atom. The number of rotatable bonds is 2. The zero-order chi connectivity index (χ0) is 22.2. The van der Waals surface area contributed by atoms with Crippen LogP contribution in [0.4, 0.5) is 11.4 Å². The summed E-state index contributed by atoms with van der Waals surface area (Å²) in [6, 6.07) is 34.5. The molecule has 0 fully saturated rings. The van der Waals surface area contributed by atoms with Gasteiger partial charge in [0.1, 0.15) is 5.58 Å². The predicted octanol–water partition coefficient (Wildman–Crippen LogP) is 8.79. The Bertz CT molecular complexity index is 1720. The van der Waals surface area contributed by atoms with Crippen molar-refractivity contribution >= 4 is 44.1 Å². The number of furan rings is 1. The van der Waals surface area contributed by atoms with Crippen LogP contribution in [0.1, 0.15) is 25.0 Å². The Kier molecular flexibility index (Phi) is 3.64. The van der Waals surface area contributed by atoms with Crippen LogP contribution in [0.2, 0.25) is 0 Å². The number of fused-ring (bicyclic) bond motifs is 8. The molecule has 7 rings (SSSR count). The molecule has 1 aromatic heterocycles. The highest BCUT2D eigenvalue weighted by atomic mass is 16.3. The summed E-state index contributed by atoms with van der Waals surface area (Å²) in [5.41, 5.74) is 9.26. The number of para-hydroxylation sites is 1. The van der Waals surface area contributed by atoms with E-state index in [1.54, 1.807) is 0 Å². The first kappa shape index (κ1) is 18.5. The van der Waals surface area contributed by atoms with Crippen LogP contribution in [0.15, 0.2) is 101 Å². The van der Waals surface area contributed by atoms with Gasteiger partial charge in [0.15, 0.2) is 5.58 Å². The van der Waals surface area contributed by atoms with Crippen LogP contribution in [0.5, 0.6) is 0 Å². The number of nitrogens with one attached hydrogen (secondary N) is 1. The van der Waals surface area contributed by atoms with Crippen molar-refractivity contribution in [2.75, 3.05) is 5.32 Å². The smallest absolute Gasteiger partial charge is 0.158 e. The second-order valence-electron chi connectivity index (χ2n) is 9.47. The van der Waals surface area contributed by atoms with Gasteiger partial charge in [-0.05, 0) is 40.3 Å². The Morgan fingerprint density at radius 2 is 1.27 bits per heavy atom. The number of hydrogen-bond acceptors (Lipinski definition) is 2. The minimum absolute atomic E-state index is 0.0199. The summed E-state index contributed by atoms with van der Waals surface area (Å²) >= 11 is 0. The van der Waals surface area contributed by atoms with Crippen molar-refractivity contribution < 1.29 is 4.42 Å². The summed E-state index contributed by atoms with van der Waals surface area (Å²) in [6.07, 6.45) is 0. The monoisotopic (exact) mass is 425 g/mol. The maximum absolute atomic E-state index is 6.54. The average molecular weight is 426 g/mol. The molecule has 0 spiro atoms. The third-order valence-electron chi connectivity index (χ3n) is 7.27. The molecule has 0 radical (unpaired) electrons. The van der Waals surface area contributed by atoms with Gasteiger partial charge in [-0.25, -0.2) is 0 Å². The molecule has 0 atom stereocenters.